The minimum Gasteiger partial charge on any atom is -0.354 e. The summed E-state index contributed by atoms with van der Waals surface area (Å²) in [6, 6.07) is 11.2. The fourth-order valence-electron chi connectivity index (χ4n) is 3.28. The lowest BCUT2D eigenvalue weighted by Gasteiger charge is -2.16. The lowest BCUT2D eigenvalue weighted by Crippen LogP contribution is -2.10. The van der Waals surface area contributed by atoms with Gasteiger partial charge in [0.25, 0.3) is 0 Å². The molecule has 4 nitrogen and oxygen atoms in total. The van der Waals surface area contributed by atoms with Gasteiger partial charge >= 0.3 is 0 Å². The third-order valence-corrected chi connectivity index (χ3v) is 5.45. The molecule has 4 rings (SSSR count). The van der Waals surface area contributed by atoms with Crippen LogP contribution in [0.15, 0.2) is 47.1 Å². The zero-order valence-corrected chi connectivity index (χ0v) is 17.4. The summed E-state index contributed by atoms with van der Waals surface area (Å²) in [6.07, 6.45) is 3.41. The van der Waals surface area contributed by atoms with Gasteiger partial charge in [-0.15, -0.1) is 0 Å². The maximum atomic E-state index is 14.0. The van der Waals surface area contributed by atoms with E-state index >= 15 is 0 Å². The average molecular weight is 442 g/mol. The largest absolute Gasteiger partial charge is 0.354 e. The molecule has 1 aromatic heterocycles. The van der Waals surface area contributed by atoms with Crippen molar-refractivity contribution in [3.8, 4) is 0 Å². The van der Waals surface area contributed by atoms with E-state index in [4.69, 9.17) is 0 Å². The Balaban J connectivity index is 1.77. The van der Waals surface area contributed by atoms with Crippen molar-refractivity contribution < 1.29 is 9.18 Å². The van der Waals surface area contributed by atoms with E-state index in [9.17, 15) is 9.18 Å². The molecule has 1 aliphatic carbocycles. The van der Waals surface area contributed by atoms with Crippen molar-refractivity contribution in [3.63, 3.8) is 0 Å². The maximum absolute atomic E-state index is 14.0. The Kier molecular flexibility index (Phi) is 5.17. The van der Waals surface area contributed by atoms with E-state index < -0.39 is 0 Å². The molecule has 1 aliphatic rings. The van der Waals surface area contributed by atoms with Crippen molar-refractivity contribution in [2.24, 2.45) is 5.92 Å². The molecule has 0 bridgehead atoms. The molecule has 0 unspecified atom stereocenters. The standard InChI is InChI=1S/C22H21BrFN3O/c1-27(2)12-13-3-7-15(8-4-13)26-21-16-9-18(23)19(24)10-20(16)25-11-17(21)22(28)14-5-6-14/h3-4,7-11,14H,5-6,12H2,1-2H3,(H,25,26). The van der Waals surface area contributed by atoms with Crippen LogP contribution >= 0.6 is 15.9 Å². The molecule has 1 heterocycles. The van der Waals surface area contributed by atoms with Gasteiger partial charge in [0.1, 0.15) is 5.82 Å². The molecule has 0 saturated heterocycles. The zero-order chi connectivity index (χ0) is 19.8. The summed E-state index contributed by atoms with van der Waals surface area (Å²) in [4.78, 5) is 19.3. The molecule has 0 spiro atoms. The number of anilines is 2. The number of fused-ring (bicyclic) bond motifs is 1. The summed E-state index contributed by atoms with van der Waals surface area (Å²) < 4.78 is 14.3. The van der Waals surface area contributed by atoms with Crippen molar-refractivity contribution in [2.75, 3.05) is 19.4 Å². The molecule has 28 heavy (non-hydrogen) atoms. The van der Waals surface area contributed by atoms with Crippen LogP contribution < -0.4 is 5.32 Å². The number of carbonyl (C=O) groups excluding carboxylic acids is 1. The van der Waals surface area contributed by atoms with Crippen LogP contribution in [-0.4, -0.2) is 29.8 Å². The molecule has 144 valence electrons. The van der Waals surface area contributed by atoms with Gasteiger partial charge in [-0.1, -0.05) is 12.1 Å². The molecule has 6 heteroatoms. The van der Waals surface area contributed by atoms with E-state index in [1.54, 1.807) is 12.3 Å². The molecule has 0 amide bonds. The van der Waals surface area contributed by atoms with E-state index in [0.717, 1.165) is 30.5 Å². The third kappa shape index (κ3) is 3.93. The highest BCUT2D eigenvalue weighted by molar-refractivity contribution is 9.10. The van der Waals surface area contributed by atoms with Crippen LogP contribution in [0.4, 0.5) is 15.8 Å². The zero-order valence-electron chi connectivity index (χ0n) is 15.8. The van der Waals surface area contributed by atoms with Crippen LogP contribution in [0.5, 0.6) is 0 Å². The molecule has 1 saturated carbocycles. The number of rotatable bonds is 6. The second kappa shape index (κ2) is 7.60. The van der Waals surface area contributed by atoms with Gasteiger partial charge in [0, 0.05) is 35.8 Å². The predicted molar refractivity (Wildman–Crippen MR) is 114 cm³/mol. The summed E-state index contributed by atoms with van der Waals surface area (Å²) in [7, 11) is 4.06. The lowest BCUT2D eigenvalue weighted by atomic mass is 10.0. The minimum absolute atomic E-state index is 0.0751. The smallest absolute Gasteiger partial charge is 0.169 e. The molecule has 1 fully saturated rings. The quantitative estimate of drug-likeness (QED) is 0.510. The summed E-state index contributed by atoms with van der Waals surface area (Å²) in [5.41, 5.74) is 3.84. The Morgan fingerprint density at radius 1 is 1.25 bits per heavy atom. The van der Waals surface area contributed by atoms with E-state index in [-0.39, 0.29) is 17.5 Å². The predicted octanol–water partition coefficient (Wildman–Crippen LogP) is 5.53. The number of halogens is 2. The van der Waals surface area contributed by atoms with E-state index in [1.807, 2.05) is 26.2 Å². The van der Waals surface area contributed by atoms with Crippen LogP contribution in [-0.2, 0) is 6.54 Å². The Bertz CT molecular complexity index is 1050. The number of benzene rings is 2. The van der Waals surface area contributed by atoms with Gasteiger partial charge in [0.15, 0.2) is 5.78 Å². The molecule has 1 N–H and O–H groups in total. The van der Waals surface area contributed by atoms with Crippen LogP contribution in [0.2, 0.25) is 0 Å². The summed E-state index contributed by atoms with van der Waals surface area (Å²) >= 11 is 3.25. The fraction of sp³-hybridized carbons (Fsp3) is 0.273. The van der Waals surface area contributed by atoms with Gasteiger partial charge < -0.3 is 10.2 Å². The lowest BCUT2D eigenvalue weighted by molar-refractivity contribution is 0.0968. The molecule has 0 radical (unpaired) electrons. The van der Waals surface area contributed by atoms with Crippen molar-refractivity contribution in [1.82, 2.24) is 9.88 Å². The maximum Gasteiger partial charge on any atom is 0.169 e. The number of carbonyl (C=O) groups is 1. The van der Waals surface area contributed by atoms with Gasteiger partial charge in [-0.2, -0.15) is 0 Å². The Morgan fingerprint density at radius 3 is 2.61 bits per heavy atom. The van der Waals surface area contributed by atoms with Crippen molar-refractivity contribution in [2.45, 2.75) is 19.4 Å². The third-order valence-electron chi connectivity index (χ3n) is 4.85. The van der Waals surface area contributed by atoms with Gasteiger partial charge in [0.05, 0.1) is 21.2 Å². The van der Waals surface area contributed by atoms with Crippen LogP contribution in [0, 0.1) is 11.7 Å². The minimum atomic E-state index is -0.375. The highest BCUT2D eigenvalue weighted by Crippen LogP contribution is 2.38. The number of hydrogen-bond acceptors (Lipinski definition) is 4. The van der Waals surface area contributed by atoms with Gasteiger partial charge in [-0.25, -0.2) is 4.39 Å². The van der Waals surface area contributed by atoms with E-state index in [2.05, 4.69) is 43.3 Å². The van der Waals surface area contributed by atoms with Gasteiger partial charge in [0.2, 0.25) is 0 Å². The monoisotopic (exact) mass is 441 g/mol. The summed E-state index contributed by atoms with van der Waals surface area (Å²) in [5.74, 6) is -0.201. The second-order valence-corrected chi connectivity index (χ2v) is 8.38. The van der Waals surface area contributed by atoms with Gasteiger partial charge in [-0.05, 0) is 66.6 Å². The molecule has 0 aliphatic heterocycles. The number of nitrogens with zero attached hydrogens (tertiary/aromatic N) is 2. The van der Waals surface area contributed by atoms with Crippen LogP contribution in [0.3, 0.4) is 0 Å². The molecular formula is C22H21BrFN3O. The Hall–Kier alpha value is -2.31. The first-order chi connectivity index (χ1) is 13.4. The molecule has 2 aromatic carbocycles. The SMILES string of the molecule is CN(C)Cc1ccc(Nc2c(C(=O)C3CC3)cnc3cc(F)c(Br)cc23)cc1. The Morgan fingerprint density at radius 2 is 1.96 bits per heavy atom. The molecular weight excluding hydrogens is 421 g/mol. The number of nitrogens with one attached hydrogen (secondary N) is 1. The number of ketones is 1. The highest BCUT2D eigenvalue weighted by atomic mass is 79.9. The molecule has 0 atom stereocenters. The van der Waals surface area contributed by atoms with E-state index in [1.165, 1.54) is 11.6 Å². The number of Topliss-reactive ketones (excluding diaryl/α,β-unsaturated/α-hetero) is 1. The fourth-order valence-corrected chi connectivity index (χ4v) is 3.62. The Labute approximate surface area is 171 Å². The van der Waals surface area contributed by atoms with Crippen molar-refractivity contribution >= 4 is 44.0 Å². The van der Waals surface area contributed by atoms with Crippen LogP contribution in [0.25, 0.3) is 10.9 Å². The van der Waals surface area contributed by atoms with E-state index in [0.29, 0.717) is 21.2 Å². The summed E-state index contributed by atoms with van der Waals surface area (Å²) in [5, 5.41) is 4.11. The number of aromatic nitrogens is 1. The van der Waals surface area contributed by atoms with Crippen LogP contribution in [0.1, 0.15) is 28.8 Å². The summed E-state index contributed by atoms with van der Waals surface area (Å²) in [6.45, 7) is 0.857. The number of hydrogen-bond donors (Lipinski definition) is 1. The topological polar surface area (TPSA) is 45.2 Å². The van der Waals surface area contributed by atoms with Gasteiger partial charge in [-0.3, -0.25) is 9.78 Å². The second-order valence-electron chi connectivity index (χ2n) is 7.53. The van der Waals surface area contributed by atoms with Crippen molar-refractivity contribution in [1.29, 1.82) is 0 Å². The molecule has 3 aromatic rings. The normalized spacial score (nSPS) is 13.9. The van der Waals surface area contributed by atoms with Crippen molar-refractivity contribution in [3.05, 3.63) is 64.0 Å². The average Bonchev–Trinajstić information content (AvgIpc) is 3.49. The number of pyridine rings is 1. The first-order valence-electron chi connectivity index (χ1n) is 9.25. The highest BCUT2D eigenvalue weighted by Gasteiger charge is 2.32. The first kappa shape index (κ1) is 19.0. The first-order valence-corrected chi connectivity index (χ1v) is 10.0.